The molecule has 3 N–H and O–H groups in total. The van der Waals surface area contributed by atoms with Crippen LogP contribution < -0.4 is 10.5 Å². The van der Waals surface area contributed by atoms with Crippen LogP contribution in [0.3, 0.4) is 0 Å². The second-order valence-electron chi connectivity index (χ2n) is 3.27. The molecule has 0 saturated heterocycles. The number of benzene rings is 1. The minimum atomic E-state index is -0.106. The van der Waals surface area contributed by atoms with Crippen LogP contribution in [-0.2, 0) is 0 Å². The Morgan fingerprint density at radius 2 is 2.36 bits per heavy atom. The average molecular weight is 211 g/mol. The second kappa shape index (κ2) is 3.71. The Kier molecular flexibility index (Phi) is 2.56. The van der Waals surface area contributed by atoms with Gasteiger partial charge >= 0.3 is 0 Å². The van der Waals surface area contributed by atoms with E-state index in [9.17, 15) is 5.11 Å². The third kappa shape index (κ3) is 1.44. The summed E-state index contributed by atoms with van der Waals surface area (Å²) in [5, 5.41) is 9.68. The molecule has 14 heavy (non-hydrogen) atoms. The Balaban J connectivity index is 2.57. The van der Waals surface area contributed by atoms with E-state index in [1.165, 1.54) is 0 Å². The van der Waals surface area contributed by atoms with E-state index in [1.807, 2.05) is 12.3 Å². The molecule has 0 aromatic heterocycles. The van der Waals surface area contributed by atoms with E-state index in [-0.39, 0.29) is 11.8 Å². The summed E-state index contributed by atoms with van der Waals surface area (Å²) in [6, 6.07) is 3.43. The predicted octanol–water partition coefficient (Wildman–Crippen LogP) is 1.90. The van der Waals surface area contributed by atoms with Crippen LogP contribution in [-0.4, -0.2) is 18.0 Å². The highest BCUT2D eigenvalue weighted by molar-refractivity contribution is 7.98. The van der Waals surface area contributed by atoms with E-state index in [0.717, 1.165) is 22.6 Å². The Labute approximate surface area is 87.3 Å². The number of aromatic hydroxyl groups is 1. The SMILES string of the molecule is CSc1ccc(O)c2c1OCC[C@H]2N. The lowest BCUT2D eigenvalue weighted by Gasteiger charge is -2.25. The summed E-state index contributed by atoms with van der Waals surface area (Å²) in [5.41, 5.74) is 6.67. The highest BCUT2D eigenvalue weighted by atomic mass is 32.2. The molecule has 2 rings (SSSR count). The third-order valence-corrected chi connectivity index (χ3v) is 3.16. The standard InChI is InChI=1S/C10H13NO2S/c1-14-8-3-2-7(12)9-6(11)4-5-13-10(8)9/h2-3,6,12H,4-5,11H2,1H3/t6-/m1/s1. The maximum atomic E-state index is 9.68. The van der Waals surface area contributed by atoms with Crippen molar-refractivity contribution in [3.05, 3.63) is 17.7 Å². The van der Waals surface area contributed by atoms with Crippen LogP contribution in [0.5, 0.6) is 11.5 Å². The van der Waals surface area contributed by atoms with Crippen molar-refractivity contribution in [3.63, 3.8) is 0 Å². The number of phenols is 1. The van der Waals surface area contributed by atoms with Crippen molar-refractivity contribution in [2.75, 3.05) is 12.9 Å². The molecule has 0 spiro atoms. The van der Waals surface area contributed by atoms with Crippen LogP contribution in [0.4, 0.5) is 0 Å². The fourth-order valence-electron chi connectivity index (χ4n) is 1.67. The van der Waals surface area contributed by atoms with Crippen LogP contribution >= 0.6 is 11.8 Å². The molecule has 3 nitrogen and oxygen atoms in total. The third-order valence-electron chi connectivity index (χ3n) is 2.40. The van der Waals surface area contributed by atoms with Gasteiger partial charge in [-0.3, -0.25) is 0 Å². The molecule has 1 atom stereocenters. The minimum absolute atomic E-state index is 0.106. The maximum Gasteiger partial charge on any atom is 0.141 e. The number of phenolic OH excluding ortho intramolecular Hbond substituents is 1. The molecule has 1 aliphatic heterocycles. The molecule has 0 saturated carbocycles. The van der Waals surface area contributed by atoms with Crippen LogP contribution in [0.2, 0.25) is 0 Å². The number of nitrogens with two attached hydrogens (primary N) is 1. The number of rotatable bonds is 1. The van der Waals surface area contributed by atoms with E-state index in [1.54, 1.807) is 17.8 Å². The van der Waals surface area contributed by atoms with Gasteiger partial charge in [0.2, 0.25) is 0 Å². The van der Waals surface area contributed by atoms with Gasteiger partial charge in [0.15, 0.2) is 0 Å². The summed E-state index contributed by atoms with van der Waals surface area (Å²) < 4.78 is 5.54. The van der Waals surface area contributed by atoms with Crippen molar-refractivity contribution in [1.82, 2.24) is 0 Å². The number of ether oxygens (including phenoxy) is 1. The predicted molar refractivity (Wildman–Crippen MR) is 56.9 cm³/mol. The maximum absolute atomic E-state index is 9.68. The first-order valence-electron chi connectivity index (χ1n) is 4.52. The molecule has 0 aliphatic carbocycles. The molecule has 0 amide bonds. The van der Waals surface area contributed by atoms with Gasteiger partial charge in [-0.25, -0.2) is 0 Å². The summed E-state index contributed by atoms with van der Waals surface area (Å²) in [4.78, 5) is 1.04. The zero-order chi connectivity index (χ0) is 10.1. The normalized spacial score (nSPS) is 20.0. The van der Waals surface area contributed by atoms with Gasteiger partial charge in [0, 0.05) is 17.4 Å². The lowest BCUT2D eigenvalue weighted by Crippen LogP contribution is -2.21. The van der Waals surface area contributed by atoms with E-state index in [2.05, 4.69) is 0 Å². The Bertz CT molecular complexity index is 354. The highest BCUT2D eigenvalue weighted by Crippen LogP contribution is 2.42. The zero-order valence-electron chi connectivity index (χ0n) is 7.99. The topological polar surface area (TPSA) is 55.5 Å². The average Bonchev–Trinajstić information content (AvgIpc) is 2.18. The van der Waals surface area contributed by atoms with Crippen LogP contribution in [0.1, 0.15) is 18.0 Å². The van der Waals surface area contributed by atoms with E-state index >= 15 is 0 Å². The molecular weight excluding hydrogens is 198 g/mol. The monoisotopic (exact) mass is 211 g/mol. The molecule has 0 unspecified atom stereocenters. The summed E-state index contributed by atoms with van der Waals surface area (Å²) in [6.45, 7) is 0.630. The van der Waals surface area contributed by atoms with E-state index < -0.39 is 0 Å². The first-order chi connectivity index (χ1) is 6.74. The quantitative estimate of drug-likeness (QED) is 0.697. The number of fused-ring (bicyclic) bond motifs is 1. The van der Waals surface area contributed by atoms with Gasteiger partial charge < -0.3 is 15.6 Å². The number of hydrogen-bond acceptors (Lipinski definition) is 4. The molecule has 0 radical (unpaired) electrons. The van der Waals surface area contributed by atoms with Crippen LogP contribution in [0.15, 0.2) is 17.0 Å². The molecular formula is C10H13NO2S. The summed E-state index contributed by atoms with van der Waals surface area (Å²) in [7, 11) is 0. The van der Waals surface area contributed by atoms with Gasteiger partial charge in [0.05, 0.1) is 12.2 Å². The van der Waals surface area contributed by atoms with Crippen molar-refractivity contribution in [2.45, 2.75) is 17.4 Å². The number of hydrogen-bond donors (Lipinski definition) is 2. The molecule has 1 aliphatic rings. The molecule has 4 heteroatoms. The van der Waals surface area contributed by atoms with Crippen molar-refractivity contribution in [1.29, 1.82) is 0 Å². The Morgan fingerprint density at radius 3 is 3.07 bits per heavy atom. The summed E-state index contributed by atoms with van der Waals surface area (Å²) in [5.74, 6) is 1.00. The van der Waals surface area contributed by atoms with Gasteiger partial charge in [-0.2, -0.15) is 0 Å². The van der Waals surface area contributed by atoms with Gasteiger partial charge in [-0.05, 0) is 18.4 Å². The Hall–Kier alpha value is -0.870. The molecule has 0 fully saturated rings. The summed E-state index contributed by atoms with van der Waals surface area (Å²) >= 11 is 1.60. The highest BCUT2D eigenvalue weighted by Gasteiger charge is 2.24. The van der Waals surface area contributed by atoms with E-state index in [0.29, 0.717) is 6.61 Å². The van der Waals surface area contributed by atoms with Crippen LogP contribution in [0, 0.1) is 0 Å². The lowest BCUT2D eigenvalue weighted by molar-refractivity contribution is 0.257. The second-order valence-corrected chi connectivity index (χ2v) is 4.12. The molecule has 1 heterocycles. The van der Waals surface area contributed by atoms with Crippen molar-refractivity contribution in [3.8, 4) is 11.5 Å². The van der Waals surface area contributed by atoms with Crippen molar-refractivity contribution in [2.24, 2.45) is 5.73 Å². The first-order valence-corrected chi connectivity index (χ1v) is 5.74. The molecule has 1 aromatic carbocycles. The van der Waals surface area contributed by atoms with Gasteiger partial charge in [-0.15, -0.1) is 11.8 Å². The minimum Gasteiger partial charge on any atom is -0.507 e. The fraction of sp³-hybridized carbons (Fsp3) is 0.400. The fourth-order valence-corrected chi connectivity index (χ4v) is 2.23. The first kappa shape index (κ1) is 9.68. The Morgan fingerprint density at radius 1 is 1.57 bits per heavy atom. The number of thioether (sulfide) groups is 1. The molecule has 1 aromatic rings. The van der Waals surface area contributed by atoms with Crippen molar-refractivity contribution < 1.29 is 9.84 Å². The zero-order valence-corrected chi connectivity index (χ0v) is 8.80. The van der Waals surface area contributed by atoms with Crippen molar-refractivity contribution >= 4 is 11.8 Å². The lowest BCUT2D eigenvalue weighted by atomic mass is 10.0. The smallest absolute Gasteiger partial charge is 0.141 e. The molecule has 76 valence electrons. The van der Waals surface area contributed by atoms with Crippen LogP contribution in [0.25, 0.3) is 0 Å². The van der Waals surface area contributed by atoms with E-state index in [4.69, 9.17) is 10.5 Å². The summed E-state index contributed by atoms with van der Waals surface area (Å²) in [6.07, 6.45) is 2.74. The van der Waals surface area contributed by atoms with Gasteiger partial charge in [0.25, 0.3) is 0 Å². The largest absolute Gasteiger partial charge is 0.507 e. The van der Waals surface area contributed by atoms with Gasteiger partial charge in [0.1, 0.15) is 11.5 Å². The van der Waals surface area contributed by atoms with Gasteiger partial charge in [-0.1, -0.05) is 0 Å². The molecule has 0 bridgehead atoms.